The molecule has 0 fully saturated rings. The van der Waals surface area contributed by atoms with E-state index in [1.807, 2.05) is 42.5 Å². The van der Waals surface area contributed by atoms with Crippen molar-refractivity contribution in [2.24, 2.45) is 0 Å². The molecule has 2 aromatic heterocycles. The molecule has 8 heteroatoms. The number of hydrogen-bond donors (Lipinski definition) is 1. The van der Waals surface area contributed by atoms with Crippen molar-refractivity contribution >= 4 is 49.7 Å². The predicted octanol–water partition coefficient (Wildman–Crippen LogP) is 5.06. The number of para-hydroxylation sites is 2. The summed E-state index contributed by atoms with van der Waals surface area (Å²) in [4.78, 5) is 44.4. The summed E-state index contributed by atoms with van der Waals surface area (Å²) in [6, 6.07) is 20.4. The Morgan fingerprint density at radius 1 is 1.03 bits per heavy atom. The summed E-state index contributed by atoms with van der Waals surface area (Å²) >= 11 is 1.14. The summed E-state index contributed by atoms with van der Waals surface area (Å²) in [5.74, 6) is -0.0125. The lowest BCUT2D eigenvalue weighted by molar-refractivity contribution is 0.0969. The first kappa shape index (κ1) is 22.5. The van der Waals surface area contributed by atoms with Crippen LogP contribution in [0.3, 0.4) is 0 Å². The van der Waals surface area contributed by atoms with Crippen LogP contribution in [0.25, 0.3) is 21.0 Å². The fraction of sp³-hybridized carbons (Fsp3) is 0.111. The summed E-state index contributed by atoms with van der Waals surface area (Å²) in [5.41, 5.74) is 1.23. The predicted molar refractivity (Wildman–Crippen MR) is 138 cm³/mol. The van der Waals surface area contributed by atoms with E-state index < -0.39 is 0 Å². The number of nitrogens with one attached hydrogen (secondary N) is 1. The Hall–Kier alpha value is -4.30. The van der Waals surface area contributed by atoms with Crippen molar-refractivity contribution in [3.05, 3.63) is 99.4 Å². The van der Waals surface area contributed by atoms with E-state index >= 15 is 0 Å². The summed E-state index contributed by atoms with van der Waals surface area (Å²) in [6.45, 7) is 1.58. The number of ether oxygens (including phenoxy) is 1. The average Bonchev–Trinajstić information content (AvgIpc) is 3.22. The Morgan fingerprint density at radius 3 is 2.57 bits per heavy atom. The smallest absolute Gasteiger partial charge is 0.266 e. The number of aromatic nitrogens is 2. The van der Waals surface area contributed by atoms with Gasteiger partial charge in [-0.2, -0.15) is 0 Å². The van der Waals surface area contributed by atoms with Crippen molar-refractivity contribution in [2.75, 3.05) is 12.4 Å². The van der Waals surface area contributed by atoms with Gasteiger partial charge in [-0.1, -0.05) is 48.5 Å². The van der Waals surface area contributed by atoms with E-state index in [4.69, 9.17) is 4.74 Å². The van der Waals surface area contributed by atoms with Crippen LogP contribution in [0.15, 0.2) is 77.9 Å². The molecule has 0 saturated carbocycles. The second kappa shape index (κ2) is 9.15. The van der Waals surface area contributed by atoms with E-state index in [9.17, 15) is 14.4 Å². The van der Waals surface area contributed by atoms with Crippen LogP contribution in [-0.4, -0.2) is 28.4 Å². The van der Waals surface area contributed by atoms with Crippen LogP contribution in [0.4, 0.5) is 5.69 Å². The number of Topliss-reactive ketones (excluding diaryl/α,β-unsaturated/α-hetero) is 1. The molecular formula is C27H21N3O4S. The van der Waals surface area contributed by atoms with Crippen LogP contribution in [0, 0.1) is 6.92 Å². The maximum atomic E-state index is 13.2. The van der Waals surface area contributed by atoms with E-state index in [1.165, 1.54) is 18.0 Å². The highest BCUT2D eigenvalue weighted by Crippen LogP contribution is 2.29. The molecule has 5 rings (SSSR count). The number of rotatable bonds is 6. The lowest BCUT2D eigenvalue weighted by Crippen LogP contribution is -2.24. The Labute approximate surface area is 204 Å². The molecule has 0 radical (unpaired) electrons. The van der Waals surface area contributed by atoms with Crippen molar-refractivity contribution in [1.29, 1.82) is 0 Å². The Bertz CT molecular complexity index is 1670. The normalized spacial score (nSPS) is 11.0. The maximum absolute atomic E-state index is 13.2. The quantitative estimate of drug-likeness (QED) is 0.341. The lowest BCUT2D eigenvalue weighted by Gasteiger charge is -2.09. The number of hydrogen-bond acceptors (Lipinski definition) is 6. The fourth-order valence-corrected chi connectivity index (χ4v) is 5.06. The standard InChI is InChI=1S/C27H21N3O4S/c1-16-23-26(35-24(16)25(32)29-20-9-5-6-10-22(20)34-2)28-15-30(27(23)33)14-21(31)19-12-11-17-7-3-4-8-18(17)13-19/h3-13,15H,14H2,1-2H3,(H,29,32). The molecule has 35 heavy (non-hydrogen) atoms. The first-order valence-electron chi connectivity index (χ1n) is 10.9. The van der Waals surface area contributed by atoms with Gasteiger partial charge in [0.25, 0.3) is 11.5 Å². The molecule has 0 bridgehead atoms. The number of methoxy groups -OCH3 is 1. The summed E-state index contributed by atoms with van der Waals surface area (Å²) < 4.78 is 6.59. The molecule has 0 atom stereocenters. The van der Waals surface area contributed by atoms with Gasteiger partial charge >= 0.3 is 0 Å². The van der Waals surface area contributed by atoms with Gasteiger partial charge in [0.1, 0.15) is 10.6 Å². The van der Waals surface area contributed by atoms with Crippen LogP contribution < -0.4 is 15.6 Å². The summed E-state index contributed by atoms with van der Waals surface area (Å²) in [6.07, 6.45) is 1.36. The highest BCUT2D eigenvalue weighted by molar-refractivity contribution is 7.20. The number of ketones is 1. The van der Waals surface area contributed by atoms with Gasteiger partial charge in [0.05, 0.1) is 35.9 Å². The number of thiophene rings is 1. The van der Waals surface area contributed by atoms with Gasteiger partial charge in [0, 0.05) is 5.56 Å². The molecule has 0 aliphatic heterocycles. The Morgan fingerprint density at radius 2 is 1.77 bits per heavy atom. The molecule has 7 nitrogen and oxygen atoms in total. The van der Waals surface area contributed by atoms with Gasteiger partial charge in [-0.15, -0.1) is 11.3 Å². The highest BCUT2D eigenvalue weighted by atomic mass is 32.1. The third kappa shape index (κ3) is 4.20. The molecular weight excluding hydrogens is 462 g/mol. The highest BCUT2D eigenvalue weighted by Gasteiger charge is 2.21. The van der Waals surface area contributed by atoms with Crippen molar-refractivity contribution in [2.45, 2.75) is 13.5 Å². The molecule has 1 amide bonds. The van der Waals surface area contributed by atoms with E-state index in [0.29, 0.717) is 37.7 Å². The van der Waals surface area contributed by atoms with E-state index in [0.717, 1.165) is 22.1 Å². The summed E-state index contributed by atoms with van der Waals surface area (Å²) in [5, 5.41) is 5.18. The monoisotopic (exact) mass is 483 g/mol. The first-order valence-corrected chi connectivity index (χ1v) is 11.7. The van der Waals surface area contributed by atoms with Gasteiger partial charge in [0.15, 0.2) is 5.78 Å². The van der Waals surface area contributed by atoms with Crippen molar-refractivity contribution in [1.82, 2.24) is 9.55 Å². The maximum Gasteiger partial charge on any atom is 0.266 e. The van der Waals surface area contributed by atoms with Crippen LogP contribution in [-0.2, 0) is 6.54 Å². The number of carbonyl (C=O) groups is 2. The number of anilines is 1. The van der Waals surface area contributed by atoms with Crippen LogP contribution in [0.1, 0.15) is 25.6 Å². The van der Waals surface area contributed by atoms with E-state index in [-0.39, 0.29) is 23.8 Å². The zero-order valence-electron chi connectivity index (χ0n) is 19.1. The average molecular weight is 484 g/mol. The third-order valence-corrected chi connectivity index (χ3v) is 7.06. The molecule has 0 unspecified atom stereocenters. The zero-order chi connectivity index (χ0) is 24.5. The van der Waals surface area contributed by atoms with Gasteiger partial charge < -0.3 is 10.1 Å². The first-order chi connectivity index (χ1) is 17.0. The largest absolute Gasteiger partial charge is 0.495 e. The number of aryl methyl sites for hydroxylation is 1. The number of benzene rings is 3. The lowest BCUT2D eigenvalue weighted by atomic mass is 10.0. The van der Waals surface area contributed by atoms with Crippen molar-refractivity contribution in [3.8, 4) is 5.75 Å². The van der Waals surface area contributed by atoms with Crippen molar-refractivity contribution < 1.29 is 14.3 Å². The van der Waals surface area contributed by atoms with Crippen LogP contribution >= 0.6 is 11.3 Å². The van der Waals surface area contributed by atoms with Gasteiger partial charge in [-0.05, 0) is 41.5 Å². The van der Waals surface area contributed by atoms with Gasteiger partial charge in [0.2, 0.25) is 0 Å². The molecule has 2 heterocycles. The number of amides is 1. The Balaban J connectivity index is 1.44. The van der Waals surface area contributed by atoms with Crippen LogP contribution in [0.5, 0.6) is 5.75 Å². The molecule has 5 aromatic rings. The number of fused-ring (bicyclic) bond motifs is 2. The molecule has 0 aliphatic carbocycles. The second-order valence-corrected chi connectivity index (χ2v) is 9.05. The third-order valence-electron chi connectivity index (χ3n) is 5.86. The molecule has 0 saturated heterocycles. The number of carbonyl (C=O) groups excluding carboxylic acids is 2. The van der Waals surface area contributed by atoms with Crippen LogP contribution in [0.2, 0.25) is 0 Å². The number of nitrogens with zero attached hydrogens (tertiary/aromatic N) is 2. The molecule has 0 aliphatic rings. The topological polar surface area (TPSA) is 90.3 Å². The minimum Gasteiger partial charge on any atom is -0.495 e. The molecule has 174 valence electrons. The van der Waals surface area contributed by atoms with E-state index in [1.54, 1.807) is 31.2 Å². The summed E-state index contributed by atoms with van der Waals surface area (Å²) in [7, 11) is 1.53. The minimum atomic E-state index is -0.354. The molecule has 3 aromatic carbocycles. The van der Waals surface area contributed by atoms with Crippen molar-refractivity contribution in [3.63, 3.8) is 0 Å². The zero-order valence-corrected chi connectivity index (χ0v) is 19.9. The molecule has 0 spiro atoms. The Kier molecular flexibility index (Phi) is 5.88. The SMILES string of the molecule is COc1ccccc1NC(=O)c1sc2ncn(CC(=O)c3ccc4ccccc4c3)c(=O)c2c1C. The second-order valence-electron chi connectivity index (χ2n) is 8.05. The minimum absolute atomic E-state index is 0.141. The molecule has 1 N–H and O–H groups in total. The van der Waals surface area contributed by atoms with Gasteiger partial charge in [-0.25, -0.2) is 4.98 Å². The van der Waals surface area contributed by atoms with Gasteiger partial charge in [-0.3, -0.25) is 19.0 Å². The van der Waals surface area contributed by atoms with E-state index in [2.05, 4.69) is 10.3 Å². The fourth-order valence-electron chi connectivity index (χ4n) is 4.02.